The predicted octanol–water partition coefficient (Wildman–Crippen LogP) is 1.44. The fraction of sp³-hybridized carbons (Fsp3) is 0.692. The zero-order chi connectivity index (χ0) is 15.0. The van der Waals surface area contributed by atoms with Gasteiger partial charge < -0.3 is 14.5 Å². The van der Waals surface area contributed by atoms with Crippen LogP contribution in [0.1, 0.15) is 25.5 Å². The summed E-state index contributed by atoms with van der Waals surface area (Å²) in [7, 11) is -0.526. The van der Waals surface area contributed by atoms with Gasteiger partial charge in [0.05, 0.1) is 6.54 Å². The smallest absolute Gasteiger partial charge is 0.275 e. The summed E-state index contributed by atoms with van der Waals surface area (Å²) >= 11 is 0. The highest BCUT2D eigenvalue weighted by atomic mass is 32.2. The van der Waals surface area contributed by atoms with Crippen LogP contribution in [0.2, 0.25) is 0 Å². The first kappa shape index (κ1) is 17.2. The number of rotatable bonds is 10. The second kappa shape index (κ2) is 8.41. The Morgan fingerprint density at radius 1 is 1.30 bits per heavy atom. The zero-order valence-corrected chi connectivity index (χ0v) is 13.2. The molecule has 1 aromatic rings. The molecule has 1 N–H and O–H groups in total. The SMILES string of the molecule is CCCOCCCNCc1ccc(S(=O)(=O)N(C)C)o1. The van der Waals surface area contributed by atoms with Gasteiger partial charge in [-0.1, -0.05) is 6.92 Å². The quantitative estimate of drug-likeness (QED) is 0.662. The van der Waals surface area contributed by atoms with Gasteiger partial charge >= 0.3 is 0 Å². The lowest BCUT2D eigenvalue weighted by Crippen LogP contribution is -2.21. The van der Waals surface area contributed by atoms with E-state index in [1.54, 1.807) is 6.07 Å². The molecule has 0 fully saturated rings. The third-order valence-electron chi connectivity index (χ3n) is 2.66. The lowest BCUT2D eigenvalue weighted by molar-refractivity contribution is 0.132. The zero-order valence-electron chi connectivity index (χ0n) is 12.4. The number of ether oxygens (including phenoxy) is 1. The van der Waals surface area contributed by atoms with Crippen molar-refractivity contribution in [1.82, 2.24) is 9.62 Å². The molecular formula is C13H24N2O4S. The first-order valence-electron chi connectivity index (χ1n) is 6.78. The van der Waals surface area contributed by atoms with Gasteiger partial charge in [0, 0.05) is 27.3 Å². The molecule has 0 aliphatic rings. The normalized spacial score (nSPS) is 12.2. The van der Waals surface area contributed by atoms with Gasteiger partial charge in [0.25, 0.3) is 10.0 Å². The molecule has 0 saturated heterocycles. The topological polar surface area (TPSA) is 71.8 Å². The lowest BCUT2D eigenvalue weighted by Gasteiger charge is -2.08. The van der Waals surface area contributed by atoms with E-state index in [-0.39, 0.29) is 5.09 Å². The van der Waals surface area contributed by atoms with Crippen LogP contribution in [0.4, 0.5) is 0 Å². The van der Waals surface area contributed by atoms with E-state index >= 15 is 0 Å². The van der Waals surface area contributed by atoms with Crippen LogP contribution < -0.4 is 5.32 Å². The number of furan rings is 1. The molecule has 0 radical (unpaired) electrons. The first-order chi connectivity index (χ1) is 9.48. The van der Waals surface area contributed by atoms with Gasteiger partial charge in [-0.2, -0.15) is 0 Å². The Bertz CT molecular complexity index is 482. The van der Waals surface area contributed by atoms with E-state index in [9.17, 15) is 8.42 Å². The van der Waals surface area contributed by atoms with Crippen LogP contribution in [0.15, 0.2) is 21.6 Å². The summed E-state index contributed by atoms with van der Waals surface area (Å²) in [6.45, 7) is 4.93. The molecule has 0 bridgehead atoms. The molecule has 0 amide bonds. The van der Waals surface area contributed by atoms with Crippen LogP contribution in [-0.2, 0) is 21.3 Å². The number of hydrogen-bond donors (Lipinski definition) is 1. The maximum absolute atomic E-state index is 11.8. The molecule has 1 aromatic heterocycles. The molecule has 116 valence electrons. The van der Waals surface area contributed by atoms with Crippen molar-refractivity contribution in [2.75, 3.05) is 33.9 Å². The maximum atomic E-state index is 11.8. The molecule has 1 rings (SSSR count). The van der Waals surface area contributed by atoms with Gasteiger partial charge in [-0.15, -0.1) is 0 Å². The van der Waals surface area contributed by atoms with Crippen molar-refractivity contribution in [2.24, 2.45) is 0 Å². The Labute approximate surface area is 121 Å². The maximum Gasteiger partial charge on any atom is 0.275 e. The van der Waals surface area contributed by atoms with Gasteiger partial charge in [-0.05, 0) is 31.5 Å². The Morgan fingerprint density at radius 2 is 2.05 bits per heavy atom. The fourth-order valence-electron chi connectivity index (χ4n) is 1.53. The van der Waals surface area contributed by atoms with Crippen LogP contribution in [0, 0.1) is 0 Å². The van der Waals surface area contributed by atoms with Gasteiger partial charge in [-0.3, -0.25) is 0 Å². The minimum atomic E-state index is -3.48. The molecule has 20 heavy (non-hydrogen) atoms. The molecule has 0 unspecified atom stereocenters. The van der Waals surface area contributed by atoms with Crippen LogP contribution >= 0.6 is 0 Å². The standard InChI is InChI=1S/C13H24N2O4S/c1-4-9-18-10-5-8-14-11-12-6-7-13(19-12)20(16,17)15(2)3/h6-7,14H,4-5,8-11H2,1-3H3. The fourth-order valence-corrected chi connectivity index (χ4v) is 2.34. The molecule has 0 aliphatic carbocycles. The number of hydrogen-bond acceptors (Lipinski definition) is 5. The van der Waals surface area contributed by atoms with Crippen molar-refractivity contribution in [3.05, 3.63) is 17.9 Å². The predicted molar refractivity (Wildman–Crippen MR) is 77.0 cm³/mol. The molecule has 6 nitrogen and oxygen atoms in total. The third kappa shape index (κ3) is 5.24. The molecule has 7 heteroatoms. The first-order valence-corrected chi connectivity index (χ1v) is 8.22. The summed E-state index contributed by atoms with van der Waals surface area (Å²) in [4.78, 5) is 0. The van der Waals surface area contributed by atoms with E-state index in [1.807, 2.05) is 0 Å². The number of nitrogens with zero attached hydrogens (tertiary/aromatic N) is 1. The lowest BCUT2D eigenvalue weighted by atomic mass is 10.4. The summed E-state index contributed by atoms with van der Waals surface area (Å²) < 4.78 is 35.5. The Hall–Kier alpha value is -0.890. The molecule has 0 saturated carbocycles. The van der Waals surface area contributed by atoms with Gasteiger partial charge in [0.2, 0.25) is 5.09 Å². The van der Waals surface area contributed by atoms with Crippen molar-refractivity contribution < 1.29 is 17.6 Å². The molecular weight excluding hydrogens is 280 g/mol. The Morgan fingerprint density at radius 3 is 2.70 bits per heavy atom. The molecule has 0 spiro atoms. The molecule has 0 atom stereocenters. The second-order valence-corrected chi connectivity index (χ2v) is 6.73. The van der Waals surface area contributed by atoms with Gasteiger partial charge in [-0.25, -0.2) is 12.7 Å². The average molecular weight is 304 g/mol. The van der Waals surface area contributed by atoms with E-state index in [2.05, 4.69) is 12.2 Å². The Kier molecular flexibility index (Phi) is 7.22. The summed E-state index contributed by atoms with van der Waals surface area (Å²) in [5, 5.41) is 3.17. The highest BCUT2D eigenvalue weighted by Gasteiger charge is 2.21. The van der Waals surface area contributed by atoms with E-state index < -0.39 is 10.0 Å². The third-order valence-corrected chi connectivity index (χ3v) is 4.35. The van der Waals surface area contributed by atoms with Crippen LogP contribution in [0.25, 0.3) is 0 Å². The van der Waals surface area contributed by atoms with Gasteiger partial charge in [0.15, 0.2) is 0 Å². The van der Waals surface area contributed by atoms with E-state index in [4.69, 9.17) is 9.15 Å². The van der Waals surface area contributed by atoms with Gasteiger partial charge in [0.1, 0.15) is 5.76 Å². The average Bonchev–Trinajstić information content (AvgIpc) is 2.87. The summed E-state index contributed by atoms with van der Waals surface area (Å²) in [5.74, 6) is 0.611. The minimum Gasteiger partial charge on any atom is -0.447 e. The van der Waals surface area contributed by atoms with Crippen molar-refractivity contribution >= 4 is 10.0 Å². The van der Waals surface area contributed by atoms with Crippen LogP contribution in [0.3, 0.4) is 0 Å². The summed E-state index contributed by atoms with van der Waals surface area (Å²) in [6, 6.07) is 3.16. The molecule has 0 aromatic carbocycles. The molecule has 1 heterocycles. The van der Waals surface area contributed by atoms with E-state index in [1.165, 1.54) is 20.2 Å². The number of sulfonamides is 1. The van der Waals surface area contributed by atoms with E-state index in [0.717, 1.165) is 36.9 Å². The Balaban J connectivity index is 2.31. The van der Waals surface area contributed by atoms with Crippen molar-refractivity contribution in [3.8, 4) is 0 Å². The van der Waals surface area contributed by atoms with Crippen LogP contribution in [-0.4, -0.2) is 46.6 Å². The van der Waals surface area contributed by atoms with Crippen molar-refractivity contribution in [2.45, 2.75) is 31.4 Å². The minimum absolute atomic E-state index is 0.0226. The number of nitrogens with one attached hydrogen (secondary N) is 1. The monoisotopic (exact) mass is 304 g/mol. The second-order valence-electron chi connectivity index (χ2n) is 4.65. The summed E-state index contributed by atoms with van der Waals surface area (Å²) in [6.07, 6.45) is 1.95. The van der Waals surface area contributed by atoms with E-state index in [0.29, 0.717) is 12.3 Å². The molecule has 0 aliphatic heterocycles. The van der Waals surface area contributed by atoms with Crippen LogP contribution in [0.5, 0.6) is 0 Å². The highest BCUT2D eigenvalue weighted by molar-refractivity contribution is 7.88. The van der Waals surface area contributed by atoms with Crippen molar-refractivity contribution in [1.29, 1.82) is 0 Å². The van der Waals surface area contributed by atoms with Crippen molar-refractivity contribution in [3.63, 3.8) is 0 Å². The summed E-state index contributed by atoms with van der Waals surface area (Å²) in [5.41, 5.74) is 0. The largest absolute Gasteiger partial charge is 0.447 e. The highest BCUT2D eigenvalue weighted by Crippen LogP contribution is 2.16.